The summed E-state index contributed by atoms with van der Waals surface area (Å²) in [6.45, 7) is 0. The summed E-state index contributed by atoms with van der Waals surface area (Å²) < 4.78 is 23.5. The van der Waals surface area contributed by atoms with Gasteiger partial charge in [-0.05, 0) is 61.1 Å². The fraction of sp³-hybridized carbons (Fsp3) is 0.393. The van der Waals surface area contributed by atoms with Crippen LogP contribution in [0.5, 0.6) is 0 Å². The number of aromatic amines is 1. The summed E-state index contributed by atoms with van der Waals surface area (Å²) in [5.74, 6) is -0.619. The molecule has 2 aliphatic carbocycles. The Hall–Kier alpha value is -3.64. The average Bonchev–Trinajstić information content (AvgIpc) is 3.58. The number of fused-ring (bicyclic) bond motifs is 1. The zero-order valence-electron chi connectivity index (χ0n) is 20.8. The molecule has 5 rings (SSSR count). The van der Waals surface area contributed by atoms with Crippen molar-refractivity contribution in [2.24, 2.45) is 0 Å². The van der Waals surface area contributed by atoms with Crippen LogP contribution in [0.2, 0.25) is 0 Å². The molecule has 2 fully saturated rings. The van der Waals surface area contributed by atoms with Crippen molar-refractivity contribution in [2.45, 2.75) is 67.3 Å². The molecule has 8 nitrogen and oxygen atoms in total. The summed E-state index contributed by atoms with van der Waals surface area (Å²) in [6, 6.07) is 16.4. The van der Waals surface area contributed by atoms with Crippen LogP contribution >= 0.6 is 0 Å². The van der Waals surface area contributed by atoms with Gasteiger partial charge in [-0.15, -0.1) is 0 Å². The Morgan fingerprint density at radius 1 is 0.892 bits per heavy atom. The third-order valence-electron chi connectivity index (χ3n) is 7.54. The minimum absolute atomic E-state index is 0.259. The third-order valence-corrected chi connectivity index (χ3v) is 8.67. The van der Waals surface area contributed by atoms with Crippen LogP contribution in [0, 0.1) is 11.3 Å². The van der Waals surface area contributed by atoms with Gasteiger partial charge in [-0.3, -0.25) is 9.59 Å². The summed E-state index contributed by atoms with van der Waals surface area (Å²) >= 11 is 0. The molecule has 3 aromatic rings. The van der Waals surface area contributed by atoms with Crippen LogP contribution < -0.4 is 10.6 Å². The van der Waals surface area contributed by atoms with Crippen LogP contribution in [0.3, 0.4) is 0 Å². The quantitative estimate of drug-likeness (QED) is 0.420. The van der Waals surface area contributed by atoms with Gasteiger partial charge in [0.25, 0.3) is 5.91 Å². The molecule has 0 atom stereocenters. The first-order valence-electron chi connectivity index (χ1n) is 12.6. The van der Waals surface area contributed by atoms with E-state index in [-0.39, 0.29) is 16.7 Å². The fourth-order valence-corrected chi connectivity index (χ4v) is 5.71. The predicted octanol–water partition coefficient (Wildman–Crippen LogP) is 4.23. The van der Waals surface area contributed by atoms with E-state index in [0.717, 1.165) is 47.7 Å². The van der Waals surface area contributed by atoms with Crippen LogP contribution in [-0.2, 0) is 14.6 Å². The highest BCUT2D eigenvalue weighted by Crippen LogP contribution is 2.36. The van der Waals surface area contributed by atoms with E-state index in [4.69, 9.17) is 0 Å². The topological polar surface area (TPSA) is 132 Å². The van der Waals surface area contributed by atoms with E-state index in [1.54, 1.807) is 30.3 Å². The molecule has 0 unspecified atom stereocenters. The summed E-state index contributed by atoms with van der Waals surface area (Å²) in [7, 11) is -3.27. The zero-order chi connectivity index (χ0) is 26.3. The van der Waals surface area contributed by atoms with Gasteiger partial charge in [0.15, 0.2) is 9.84 Å². The standard InChI is InChI=1S/C28H30N4O4S/c1-37(35,36)22-10-8-19(9-11-22)20-6-7-21-17-24(30-23(21)16-20)25(33)31-28(12-4-2-3-5-13-28)26(34)32-27(18-29)14-15-27/h6-11,16-17,30H,2-5,12-15H2,1H3,(H,31,33)(H,32,34). The first-order valence-corrected chi connectivity index (χ1v) is 14.5. The van der Waals surface area contributed by atoms with Gasteiger partial charge in [-0.25, -0.2) is 8.42 Å². The molecule has 0 radical (unpaired) electrons. The van der Waals surface area contributed by atoms with E-state index in [9.17, 15) is 23.3 Å². The van der Waals surface area contributed by atoms with Crippen molar-refractivity contribution < 1.29 is 18.0 Å². The molecule has 192 valence electrons. The molecule has 0 aliphatic heterocycles. The maximum absolute atomic E-state index is 13.4. The lowest BCUT2D eigenvalue weighted by molar-refractivity contribution is -0.128. The van der Waals surface area contributed by atoms with E-state index in [1.807, 2.05) is 18.2 Å². The number of hydrogen-bond acceptors (Lipinski definition) is 5. The van der Waals surface area contributed by atoms with Gasteiger partial charge in [0.05, 0.1) is 11.0 Å². The Labute approximate surface area is 216 Å². The van der Waals surface area contributed by atoms with Gasteiger partial charge in [0.1, 0.15) is 16.8 Å². The second-order valence-electron chi connectivity index (χ2n) is 10.4. The van der Waals surface area contributed by atoms with Gasteiger partial charge < -0.3 is 15.6 Å². The van der Waals surface area contributed by atoms with Gasteiger partial charge in [0.2, 0.25) is 5.91 Å². The van der Waals surface area contributed by atoms with Crippen LogP contribution in [0.4, 0.5) is 0 Å². The predicted molar refractivity (Wildman–Crippen MR) is 140 cm³/mol. The van der Waals surface area contributed by atoms with Gasteiger partial charge in [-0.2, -0.15) is 5.26 Å². The highest BCUT2D eigenvalue weighted by molar-refractivity contribution is 7.90. The minimum Gasteiger partial charge on any atom is -0.351 e. The molecule has 3 N–H and O–H groups in total. The van der Waals surface area contributed by atoms with E-state index in [1.165, 1.54) is 6.26 Å². The number of nitrogens with one attached hydrogen (secondary N) is 3. The molecule has 0 bridgehead atoms. The van der Waals surface area contributed by atoms with Crippen molar-refractivity contribution in [2.75, 3.05) is 6.26 Å². The molecule has 37 heavy (non-hydrogen) atoms. The Balaban J connectivity index is 1.39. The molecule has 2 aliphatic rings. The van der Waals surface area contributed by atoms with E-state index < -0.39 is 20.9 Å². The molecule has 0 spiro atoms. The molecule has 2 amide bonds. The molecule has 1 aromatic heterocycles. The largest absolute Gasteiger partial charge is 0.351 e. The lowest BCUT2D eigenvalue weighted by atomic mass is 9.88. The number of nitrogens with zero attached hydrogens (tertiary/aromatic N) is 1. The lowest BCUT2D eigenvalue weighted by Gasteiger charge is -2.33. The van der Waals surface area contributed by atoms with Crippen LogP contribution in [0.1, 0.15) is 61.9 Å². The lowest BCUT2D eigenvalue weighted by Crippen LogP contribution is -2.60. The number of hydrogen-bond donors (Lipinski definition) is 3. The fourth-order valence-electron chi connectivity index (χ4n) is 5.08. The maximum atomic E-state index is 13.4. The molecule has 1 heterocycles. The van der Waals surface area contributed by atoms with Gasteiger partial charge in [-0.1, -0.05) is 49.9 Å². The monoisotopic (exact) mass is 518 g/mol. The minimum atomic E-state index is -3.27. The number of H-pyrrole nitrogens is 1. The summed E-state index contributed by atoms with van der Waals surface area (Å²) in [6.07, 6.45) is 7.23. The van der Waals surface area contributed by atoms with E-state index in [2.05, 4.69) is 21.7 Å². The number of amides is 2. The summed E-state index contributed by atoms with van der Waals surface area (Å²) in [5.41, 5.74) is 1.03. The van der Waals surface area contributed by atoms with Crippen molar-refractivity contribution in [3.05, 3.63) is 54.2 Å². The van der Waals surface area contributed by atoms with Gasteiger partial charge in [0, 0.05) is 17.2 Å². The van der Waals surface area contributed by atoms with E-state index in [0.29, 0.717) is 31.4 Å². The average molecular weight is 519 g/mol. The smallest absolute Gasteiger partial charge is 0.268 e. The number of carbonyl (C=O) groups is 2. The second-order valence-corrected chi connectivity index (χ2v) is 12.4. The van der Waals surface area contributed by atoms with Crippen molar-refractivity contribution in [3.8, 4) is 17.2 Å². The summed E-state index contributed by atoms with van der Waals surface area (Å²) in [5, 5.41) is 16.3. The normalized spacial score (nSPS) is 18.4. The first kappa shape index (κ1) is 25.0. The second kappa shape index (κ2) is 9.34. The summed E-state index contributed by atoms with van der Waals surface area (Å²) in [4.78, 5) is 30.2. The molecule has 0 saturated heterocycles. The zero-order valence-corrected chi connectivity index (χ0v) is 21.6. The number of nitriles is 1. The molecular weight excluding hydrogens is 488 g/mol. The third kappa shape index (κ3) is 5.12. The molecule has 9 heteroatoms. The highest BCUT2D eigenvalue weighted by Gasteiger charge is 2.49. The Kier molecular flexibility index (Phi) is 6.32. The van der Waals surface area contributed by atoms with Crippen molar-refractivity contribution in [1.82, 2.24) is 15.6 Å². The highest BCUT2D eigenvalue weighted by atomic mass is 32.2. The van der Waals surface area contributed by atoms with Crippen molar-refractivity contribution in [1.29, 1.82) is 5.26 Å². The number of aromatic nitrogens is 1. The SMILES string of the molecule is CS(=O)(=O)c1ccc(-c2ccc3cc(C(=O)NC4(C(=O)NC5(C#N)CC5)CCCCCC4)[nH]c3c2)cc1. The Bertz CT molecular complexity index is 1500. The number of sulfone groups is 1. The van der Waals surface area contributed by atoms with Gasteiger partial charge >= 0.3 is 0 Å². The number of carbonyl (C=O) groups excluding carboxylic acids is 2. The van der Waals surface area contributed by atoms with Crippen LogP contribution in [0.15, 0.2) is 53.4 Å². The van der Waals surface area contributed by atoms with Crippen LogP contribution in [0.25, 0.3) is 22.0 Å². The Morgan fingerprint density at radius 3 is 2.14 bits per heavy atom. The molecule has 2 aromatic carbocycles. The molecule has 2 saturated carbocycles. The van der Waals surface area contributed by atoms with Crippen molar-refractivity contribution in [3.63, 3.8) is 0 Å². The number of benzene rings is 2. The first-order chi connectivity index (χ1) is 17.6. The maximum Gasteiger partial charge on any atom is 0.268 e. The van der Waals surface area contributed by atoms with Crippen molar-refractivity contribution >= 4 is 32.6 Å². The number of rotatable bonds is 6. The molecular formula is C28H30N4O4S. The Morgan fingerprint density at radius 2 is 1.54 bits per heavy atom. The van der Waals surface area contributed by atoms with Crippen LogP contribution in [-0.4, -0.2) is 42.5 Å². The van der Waals surface area contributed by atoms with E-state index >= 15 is 0 Å².